The van der Waals surface area contributed by atoms with Crippen LogP contribution in [0.1, 0.15) is 12.0 Å². The zero-order valence-corrected chi connectivity index (χ0v) is 9.52. The van der Waals surface area contributed by atoms with Crippen LogP contribution in [0.15, 0.2) is 29.4 Å². The number of hydrogen-bond acceptors (Lipinski definition) is 3. The molecule has 17 heavy (non-hydrogen) atoms. The van der Waals surface area contributed by atoms with E-state index in [1.807, 2.05) is 0 Å². The summed E-state index contributed by atoms with van der Waals surface area (Å²) >= 11 is 0. The van der Waals surface area contributed by atoms with Gasteiger partial charge in [0.1, 0.15) is 5.82 Å². The molecule has 0 saturated carbocycles. The van der Waals surface area contributed by atoms with Gasteiger partial charge in [0, 0.05) is 7.11 Å². The zero-order chi connectivity index (χ0) is 12.3. The van der Waals surface area contributed by atoms with Gasteiger partial charge in [-0.05, 0) is 17.7 Å². The Morgan fingerprint density at radius 1 is 1.41 bits per heavy atom. The van der Waals surface area contributed by atoms with Crippen LogP contribution in [-0.2, 0) is 16.1 Å². The van der Waals surface area contributed by atoms with Crippen LogP contribution in [0.25, 0.3) is 0 Å². The molecule has 0 aromatic heterocycles. The number of nitrogens with zero attached hydrogens (tertiary/aromatic N) is 2. The monoisotopic (exact) mass is 236 g/mol. The minimum atomic E-state index is -0.287. The SMILES string of the molecule is COCC1=NN(Cc2ccc(F)cc2)C(=O)C1. The van der Waals surface area contributed by atoms with Gasteiger partial charge in [0.25, 0.3) is 0 Å². The molecule has 0 fully saturated rings. The first-order valence-electron chi connectivity index (χ1n) is 5.29. The van der Waals surface area contributed by atoms with Crippen molar-refractivity contribution in [2.24, 2.45) is 5.10 Å². The molecule has 0 N–H and O–H groups in total. The van der Waals surface area contributed by atoms with Crippen LogP contribution >= 0.6 is 0 Å². The van der Waals surface area contributed by atoms with E-state index in [-0.39, 0.29) is 11.7 Å². The predicted octanol–water partition coefficient (Wildman–Crippen LogP) is 1.56. The first-order valence-corrected chi connectivity index (χ1v) is 5.29. The quantitative estimate of drug-likeness (QED) is 0.796. The van der Waals surface area contributed by atoms with Gasteiger partial charge < -0.3 is 4.74 Å². The second-order valence-electron chi connectivity index (χ2n) is 3.85. The summed E-state index contributed by atoms with van der Waals surface area (Å²) in [6, 6.07) is 6.03. The fourth-order valence-electron chi connectivity index (χ4n) is 1.66. The summed E-state index contributed by atoms with van der Waals surface area (Å²) < 4.78 is 17.6. The fraction of sp³-hybridized carbons (Fsp3) is 0.333. The van der Waals surface area contributed by atoms with Gasteiger partial charge in [-0.15, -0.1) is 0 Å². The molecule has 1 aromatic rings. The lowest BCUT2D eigenvalue weighted by molar-refractivity contribution is -0.129. The summed E-state index contributed by atoms with van der Waals surface area (Å²) in [5, 5.41) is 5.55. The van der Waals surface area contributed by atoms with Gasteiger partial charge in [-0.1, -0.05) is 12.1 Å². The van der Waals surface area contributed by atoms with Crippen LogP contribution in [-0.4, -0.2) is 30.3 Å². The van der Waals surface area contributed by atoms with Crippen molar-refractivity contribution in [3.8, 4) is 0 Å². The molecule has 1 amide bonds. The molecular weight excluding hydrogens is 223 g/mol. The maximum Gasteiger partial charge on any atom is 0.248 e. The highest BCUT2D eigenvalue weighted by Gasteiger charge is 2.23. The number of benzene rings is 1. The van der Waals surface area contributed by atoms with Crippen molar-refractivity contribution < 1.29 is 13.9 Å². The molecule has 1 heterocycles. The third-order valence-corrected chi connectivity index (χ3v) is 2.46. The number of amides is 1. The smallest absolute Gasteiger partial charge is 0.248 e. The highest BCUT2D eigenvalue weighted by molar-refractivity contribution is 6.05. The van der Waals surface area contributed by atoms with Gasteiger partial charge in [0.2, 0.25) is 5.91 Å². The fourth-order valence-corrected chi connectivity index (χ4v) is 1.66. The molecule has 5 heteroatoms. The number of ether oxygens (including phenoxy) is 1. The van der Waals surface area contributed by atoms with Gasteiger partial charge in [0.05, 0.1) is 25.3 Å². The maximum atomic E-state index is 12.7. The summed E-state index contributed by atoms with van der Waals surface area (Å²) in [4.78, 5) is 11.6. The molecule has 1 aromatic carbocycles. The number of halogens is 1. The van der Waals surface area contributed by atoms with E-state index in [1.165, 1.54) is 17.1 Å². The van der Waals surface area contributed by atoms with E-state index in [9.17, 15) is 9.18 Å². The Labute approximate surface area is 98.7 Å². The zero-order valence-electron chi connectivity index (χ0n) is 9.52. The van der Waals surface area contributed by atoms with E-state index >= 15 is 0 Å². The summed E-state index contributed by atoms with van der Waals surface area (Å²) in [6.07, 6.45) is 0.301. The summed E-state index contributed by atoms with van der Waals surface area (Å²) in [7, 11) is 1.57. The Hall–Kier alpha value is -1.75. The topological polar surface area (TPSA) is 41.9 Å². The van der Waals surface area contributed by atoms with Crippen LogP contribution in [0.3, 0.4) is 0 Å². The molecule has 0 radical (unpaired) electrons. The average molecular weight is 236 g/mol. The maximum absolute atomic E-state index is 12.7. The van der Waals surface area contributed by atoms with Gasteiger partial charge in [0.15, 0.2) is 0 Å². The van der Waals surface area contributed by atoms with Crippen molar-refractivity contribution in [1.82, 2.24) is 5.01 Å². The van der Waals surface area contributed by atoms with Crippen LogP contribution < -0.4 is 0 Å². The van der Waals surface area contributed by atoms with Gasteiger partial charge >= 0.3 is 0 Å². The molecule has 1 aliphatic heterocycles. The molecule has 0 atom stereocenters. The van der Waals surface area contributed by atoms with Gasteiger partial charge in [-0.2, -0.15) is 5.10 Å². The Balaban J connectivity index is 2.03. The predicted molar refractivity (Wildman–Crippen MR) is 60.9 cm³/mol. The number of carbonyl (C=O) groups excluding carboxylic acids is 1. The summed E-state index contributed by atoms with van der Waals surface area (Å²) in [5.74, 6) is -0.341. The van der Waals surface area contributed by atoms with E-state index in [0.717, 1.165) is 11.3 Å². The molecule has 90 valence electrons. The van der Waals surface area contributed by atoms with Crippen LogP contribution in [0.2, 0.25) is 0 Å². The lowest BCUT2D eigenvalue weighted by atomic mass is 10.2. The third kappa shape index (κ3) is 2.88. The van der Waals surface area contributed by atoms with Crippen LogP contribution in [0.4, 0.5) is 4.39 Å². The Morgan fingerprint density at radius 2 is 2.12 bits per heavy atom. The summed E-state index contributed by atoms with van der Waals surface area (Å²) in [5.41, 5.74) is 1.57. The molecule has 4 nitrogen and oxygen atoms in total. The highest BCUT2D eigenvalue weighted by atomic mass is 19.1. The third-order valence-electron chi connectivity index (χ3n) is 2.46. The largest absolute Gasteiger partial charge is 0.379 e. The standard InChI is InChI=1S/C12H13FN2O2/c1-17-8-11-6-12(16)15(14-11)7-9-2-4-10(13)5-3-9/h2-5H,6-8H2,1H3. The Bertz CT molecular complexity index is 442. The molecule has 1 aliphatic rings. The molecule has 0 unspecified atom stereocenters. The molecule has 0 bridgehead atoms. The van der Waals surface area contributed by atoms with Crippen molar-refractivity contribution in [2.45, 2.75) is 13.0 Å². The first-order chi connectivity index (χ1) is 8.19. The number of hydrogen-bond donors (Lipinski definition) is 0. The Morgan fingerprint density at radius 3 is 2.76 bits per heavy atom. The second-order valence-corrected chi connectivity index (χ2v) is 3.85. The van der Waals surface area contributed by atoms with E-state index in [1.54, 1.807) is 19.2 Å². The van der Waals surface area contributed by atoms with Gasteiger partial charge in [-0.3, -0.25) is 4.79 Å². The molecule has 0 spiro atoms. The van der Waals surface area contributed by atoms with Crippen molar-refractivity contribution in [1.29, 1.82) is 0 Å². The lowest BCUT2D eigenvalue weighted by Gasteiger charge is -2.11. The lowest BCUT2D eigenvalue weighted by Crippen LogP contribution is -2.20. The minimum Gasteiger partial charge on any atom is -0.379 e. The van der Waals surface area contributed by atoms with Crippen molar-refractivity contribution in [3.63, 3.8) is 0 Å². The average Bonchev–Trinajstić information content (AvgIpc) is 2.63. The second kappa shape index (κ2) is 5.05. The Kier molecular flexibility index (Phi) is 3.49. The van der Waals surface area contributed by atoms with Crippen LogP contribution in [0, 0.1) is 5.82 Å². The van der Waals surface area contributed by atoms with Gasteiger partial charge in [-0.25, -0.2) is 9.40 Å². The molecular formula is C12H13FN2O2. The molecule has 2 rings (SSSR count). The van der Waals surface area contributed by atoms with E-state index in [4.69, 9.17) is 4.74 Å². The van der Waals surface area contributed by atoms with E-state index in [0.29, 0.717) is 19.6 Å². The van der Waals surface area contributed by atoms with E-state index < -0.39 is 0 Å². The first kappa shape index (κ1) is 11.7. The van der Waals surface area contributed by atoms with Crippen LogP contribution in [0.5, 0.6) is 0 Å². The normalized spacial score (nSPS) is 15.3. The highest BCUT2D eigenvalue weighted by Crippen LogP contribution is 2.13. The number of hydrazone groups is 1. The summed E-state index contributed by atoms with van der Waals surface area (Å²) in [6.45, 7) is 0.734. The molecule has 0 aliphatic carbocycles. The minimum absolute atomic E-state index is 0.0543. The van der Waals surface area contributed by atoms with E-state index in [2.05, 4.69) is 5.10 Å². The number of methoxy groups -OCH3 is 1. The number of carbonyl (C=O) groups is 1. The molecule has 0 saturated heterocycles. The number of rotatable bonds is 4. The van der Waals surface area contributed by atoms with Crippen molar-refractivity contribution >= 4 is 11.6 Å². The van der Waals surface area contributed by atoms with Crippen molar-refractivity contribution in [3.05, 3.63) is 35.6 Å². The van der Waals surface area contributed by atoms with Crippen molar-refractivity contribution in [2.75, 3.05) is 13.7 Å².